The summed E-state index contributed by atoms with van der Waals surface area (Å²) in [6.45, 7) is 0. The minimum Gasteiger partial charge on any atom is -0.456 e. The lowest BCUT2D eigenvalue weighted by Crippen LogP contribution is -2.00. The number of rotatable bonds is 6. The van der Waals surface area contributed by atoms with Gasteiger partial charge in [-0.1, -0.05) is 152 Å². The molecule has 0 amide bonds. The number of nitrogens with zero attached hydrogens (tertiary/aromatic N) is 3. The zero-order valence-corrected chi connectivity index (χ0v) is 26.1. The van der Waals surface area contributed by atoms with Gasteiger partial charge in [0.2, 0.25) is 0 Å². The van der Waals surface area contributed by atoms with Crippen LogP contribution < -0.4 is 0 Å². The molecule has 0 aliphatic heterocycles. The predicted molar refractivity (Wildman–Crippen MR) is 200 cm³/mol. The molecule has 0 spiro atoms. The van der Waals surface area contributed by atoms with Gasteiger partial charge in [0.25, 0.3) is 0 Å². The van der Waals surface area contributed by atoms with E-state index in [1.165, 1.54) is 0 Å². The molecule has 0 atom stereocenters. The summed E-state index contributed by atoms with van der Waals surface area (Å²) in [7, 11) is 0. The van der Waals surface area contributed by atoms with E-state index in [9.17, 15) is 0 Å². The van der Waals surface area contributed by atoms with Crippen LogP contribution in [0.15, 0.2) is 180 Å². The molecule has 4 heteroatoms. The van der Waals surface area contributed by atoms with Gasteiger partial charge in [0.1, 0.15) is 11.2 Å². The third-order valence-corrected chi connectivity index (χ3v) is 8.66. The van der Waals surface area contributed by atoms with E-state index in [4.69, 9.17) is 26.2 Å². The fraction of sp³-hybridized carbons (Fsp3) is 0. The number of fused-ring (bicyclic) bond motifs is 3. The van der Waals surface area contributed by atoms with Gasteiger partial charge >= 0.3 is 0 Å². The largest absolute Gasteiger partial charge is 0.456 e. The lowest BCUT2D eigenvalue weighted by molar-refractivity contribution is 0.669. The summed E-state index contributed by atoms with van der Waals surface area (Å²) in [5.41, 5.74) is 8.92. The third kappa shape index (κ3) is 5.56. The molecular formula is C45H29N3O. The summed E-state index contributed by atoms with van der Waals surface area (Å²) in [5, 5.41) is 2.02. The Morgan fingerprint density at radius 1 is 0.347 bits per heavy atom. The zero-order chi connectivity index (χ0) is 36.9. The van der Waals surface area contributed by atoms with Crippen LogP contribution in [0.3, 0.4) is 0 Å². The molecule has 9 aromatic rings. The minimum atomic E-state index is -0.397. The molecular weight excluding hydrogens is 599 g/mol. The van der Waals surface area contributed by atoms with Crippen LogP contribution in [0.1, 0.15) is 6.85 Å². The van der Waals surface area contributed by atoms with E-state index in [0.29, 0.717) is 23.0 Å². The van der Waals surface area contributed by atoms with Gasteiger partial charge in [0.05, 0.1) is 6.85 Å². The van der Waals surface area contributed by atoms with Crippen LogP contribution >= 0.6 is 0 Å². The molecule has 7 aromatic carbocycles. The molecule has 0 aliphatic rings. The van der Waals surface area contributed by atoms with E-state index in [1.54, 1.807) is 12.1 Å². The Balaban J connectivity index is 1.01. The molecule has 2 aromatic heterocycles. The van der Waals surface area contributed by atoms with Crippen molar-refractivity contribution in [2.24, 2.45) is 0 Å². The number of hydrogen-bond acceptors (Lipinski definition) is 4. The smallest absolute Gasteiger partial charge is 0.164 e. The maximum Gasteiger partial charge on any atom is 0.164 e. The van der Waals surface area contributed by atoms with Crippen LogP contribution in [0.25, 0.3) is 89.5 Å². The molecule has 0 bridgehead atoms. The maximum atomic E-state index is 8.30. The molecule has 9 rings (SSSR count). The van der Waals surface area contributed by atoms with Crippen molar-refractivity contribution in [3.63, 3.8) is 0 Å². The first-order valence-corrected chi connectivity index (χ1v) is 15.9. The van der Waals surface area contributed by atoms with E-state index in [1.807, 2.05) is 97.1 Å². The molecule has 230 valence electrons. The highest BCUT2D eigenvalue weighted by Crippen LogP contribution is 2.35. The summed E-state index contributed by atoms with van der Waals surface area (Å²) in [6, 6.07) is 46.3. The second-order valence-electron chi connectivity index (χ2n) is 11.7. The van der Waals surface area contributed by atoms with E-state index >= 15 is 0 Å². The van der Waals surface area contributed by atoms with E-state index in [0.717, 1.165) is 60.9 Å². The Morgan fingerprint density at radius 2 is 0.735 bits per heavy atom. The van der Waals surface area contributed by atoms with E-state index in [-0.39, 0.29) is 29.7 Å². The topological polar surface area (TPSA) is 51.8 Å². The molecule has 0 aliphatic carbocycles. The van der Waals surface area contributed by atoms with Crippen LogP contribution in [0.5, 0.6) is 0 Å². The van der Waals surface area contributed by atoms with Crippen LogP contribution in [-0.4, -0.2) is 15.0 Å². The van der Waals surface area contributed by atoms with Crippen molar-refractivity contribution in [3.05, 3.63) is 176 Å². The highest BCUT2D eigenvalue weighted by molar-refractivity contribution is 6.06. The van der Waals surface area contributed by atoms with Gasteiger partial charge in [0, 0.05) is 27.5 Å². The fourth-order valence-electron chi connectivity index (χ4n) is 6.11. The van der Waals surface area contributed by atoms with Crippen molar-refractivity contribution < 1.29 is 11.3 Å². The average molecular weight is 633 g/mol. The van der Waals surface area contributed by atoms with E-state index < -0.39 is 6.04 Å². The van der Waals surface area contributed by atoms with Crippen LogP contribution in [0.2, 0.25) is 0 Å². The molecule has 49 heavy (non-hydrogen) atoms. The molecule has 0 radical (unpaired) electrons. The lowest BCUT2D eigenvalue weighted by Gasteiger charge is -2.08. The number of hydrogen-bond donors (Lipinski definition) is 0. The van der Waals surface area contributed by atoms with Gasteiger partial charge in [-0.3, -0.25) is 0 Å². The minimum absolute atomic E-state index is 0.195. The molecule has 2 heterocycles. The van der Waals surface area contributed by atoms with Gasteiger partial charge in [-0.05, 0) is 57.6 Å². The summed E-state index contributed by atoms with van der Waals surface area (Å²) in [4.78, 5) is 14.6. The lowest BCUT2D eigenvalue weighted by atomic mass is 9.97. The Hall–Kier alpha value is -6.65. The Bertz CT molecular complexity index is 2770. The van der Waals surface area contributed by atoms with Crippen molar-refractivity contribution in [2.75, 3.05) is 0 Å². The number of furan rings is 1. The normalized spacial score (nSPS) is 12.7. The van der Waals surface area contributed by atoms with Gasteiger partial charge < -0.3 is 4.42 Å². The van der Waals surface area contributed by atoms with Crippen molar-refractivity contribution in [2.45, 2.75) is 0 Å². The average Bonchev–Trinajstić information content (AvgIpc) is 3.60. The van der Waals surface area contributed by atoms with Crippen molar-refractivity contribution >= 4 is 21.9 Å². The molecule has 4 nitrogen and oxygen atoms in total. The highest BCUT2D eigenvalue weighted by Gasteiger charge is 2.15. The second-order valence-corrected chi connectivity index (χ2v) is 11.7. The van der Waals surface area contributed by atoms with Gasteiger partial charge in [-0.25, -0.2) is 15.0 Å². The quantitative estimate of drug-likeness (QED) is 0.183. The molecule has 0 saturated carbocycles. The SMILES string of the molecule is [2H]c1c([2H])c([2H])c(-c2ccc(-c3ccc(-c4ccc5c(c4)oc4cc(-c6nc(-c7ccccc7)nc(-c7ccccc7)n6)ccc45)cc3)cc2)c([2H])c1[2H]. The van der Waals surface area contributed by atoms with Gasteiger partial charge in [-0.2, -0.15) is 0 Å². The Kier molecular flexibility index (Phi) is 5.87. The Labute approximate surface area is 291 Å². The standard InChI is InChI=1S/C45H29N3O/c1-4-10-30(11-5-1)31-16-18-32(19-17-31)33-20-22-34(23-21-33)37-24-26-39-40-27-25-38(29-42(40)49-41(39)28-37)45-47-43(35-12-6-2-7-13-35)46-44(48-45)36-14-8-3-9-15-36/h1-29H/i1D,4D,5D,10D,11D. The number of benzene rings is 7. The van der Waals surface area contributed by atoms with E-state index in [2.05, 4.69) is 36.4 Å². The second kappa shape index (κ2) is 12.2. The van der Waals surface area contributed by atoms with Crippen LogP contribution in [-0.2, 0) is 0 Å². The first kappa shape index (κ1) is 23.6. The zero-order valence-electron chi connectivity index (χ0n) is 31.1. The highest BCUT2D eigenvalue weighted by atomic mass is 16.3. The fourth-order valence-corrected chi connectivity index (χ4v) is 6.11. The molecule has 0 N–H and O–H groups in total. The summed E-state index contributed by atoms with van der Waals surface area (Å²) in [5.74, 6) is 1.77. The van der Waals surface area contributed by atoms with Crippen molar-refractivity contribution in [3.8, 4) is 67.5 Å². The molecule has 0 fully saturated rings. The first-order valence-electron chi connectivity index (χ1n) is 18.4. The Morgan fingerprint density at radius 3 is 1.24 bits per heavy atom. The summed E-state index contributed by atoms with van der Waals surface area (Å²) in [6.07, 6.45) is 0. The predicted octanol–water partition coefficient (Wildman–Crippen LogP) is 11.8. The van der Waals surface area contributed by atoms with Gasteiger partial charge in [-0.15, -0.1) is 0 Å². The van der Waals surface area contributed by atoms with Crippen molar-refractivity contribution in [1.29, 1.82) is 0 Å². The maximum absolute atomic E-state index is 8.30. The van der Waals surface area contributed by atoms with Gasteiger partial charge in [0.15, 0.2) is 17.5 Å². The van der Waals surface area contributed by atoms with Crippen molar-refractivity contribution in [1.82, 2.24) is 15.0 Å². The van der Waals surface area contributed by atoms with Crippen LogP contribution in [0, 0.1) is 0 Å². The molecule has 0 unspecified atom stereocenters. The summed E-state index contributed by atoms with van der Waals surface area (Å²) >= 11 is 0. The first-order chi connectivity index (χ1) is 26.3. The van der Waals surface area contributed by atoms with Crippen LogP contribution in [0.4, 0.5) is 0 Å². The summed E-state index contributed by atoms with van der Waals surface area (Å²) < 4.78 is 47.0. The molecule has 0 saturated heterocycles. The third-order valence-electron chi connectivity index (χ3n) is 8.66. The monoisotopic (exact) mass is 632 g/mol. The number of aromatic nitrogens is 3.